The van der Waals surface area contributed by atoms with Crippen molar-refractivity contribution in [3.63, 3.8) is 0 Å². The summed E-state index contributed by atoms with van der Waals surface area (Å²) in [4.78, 5) is 44.5. The van der Waals surface area contributed by atoms with Crippen molar-refractivity contribution in [2.45, 2.75) is 24.0 Å². The third-order valence-corrected chi connectivity index (χ3v) is 8.33. The van der Waals surface area contributed by atoms with Crippen LogP contribution < -0.4 is 4.90 Å². The van der Waals surface area contributed by atoms with E-state index in [4.69, 9.17) is 9.84 Å². The molecular formula is C26H25N5O6. The van der Waals surface area contributed by atoms with Crippen molar-refractivity contribution in [3.8, 4) is 17.2 Å². The Kier molecular flexibility index (Phi) is 5.14. The first-order valence-corrected chi connectivity index (χ1v) is 12.1. The smallest absolute Gasteiger partial charge is 0.415 e. The lowest BCUT2D eigenvalue weighted by molar-refractivity contribution is -0.133. The summed E-state index contributed by atoms with van der Waals surface area (Å²) in [5.41, 5.74) is 3.53. The summed E-state index contributed by atoms with van der Waals surface area (Å²) in [7, 11) is 1.45. The van der Waals surface area contributed by atoms with Gasteiger partial charge in [-0.05, 0) is 35.7 Å². The zero-order valence-electron chi connectivity index (χ0n) is 20.1. The van der Waals surface area contributed by atoms with Crippen LogP contribution in [0.4, 0.5) is 15.3 Å². The molecule has 11 nitrogen and oxygen atoms in total. The van der Waals surface area contributed by atoms with Gasteiger partial charge < -0.3 is 24.7 Å². The van der Waals surface area contributed by atoms with Crippen LogP contribution in [-0.4, -0.2) is 88.5 Å². The number of likely N-dealkylation sites (N-methyl/N-ethyl adjacent to an activating group) is 1. The van der Waals surface area contributed by atoms with Crippen LogP contribution >= 0.6 is 0 Å². The molecule has 3 fully saturated rings. The number of carbonyl (C=O) groups is 3. The maximum atomic E-state index is 12.5. The van der Waals surface area contributed by atoms with E-state index in [1.54, 1.807) is 16.0 Å². The van der Waals surface area contributed by atoms with Gasteiger partial charge in [0.2, 0.25) is 5.91 Å². The molecule has 1 aliphatic carbocycles. The number of nitrogens with zero attached hydrogens (tertiary/aromatic N) is 5. The number of aliphatic hydroxyl groups is 1. The number of carbonyl (C=O) groups excluding carboxylic acids is 2. The number of likely N-dealkylation sites (tertiary alicyclic amines) is 1. The first-order valence-electron chi connectivity index (χ1n) is 12.1. The lowest BCUT2D eigenvalue weighted by Gasteiger charge is -2.22. The van der Waals surface area contributed by atoms with Gasteiger partial charge in [0.05, 0.1) is 30.0 Å². The third kappa shape index (κ3) is 3.36. The van der Waals surface area contributed by atoms with Gasteiger partial charge in [-0.1, -0.05) is 12.1 Å². The normalized spacial score (nSPS) is 28.7. The number of carboxylic acid groups (broad SMARTS) is 1. The minimum atomic E-state index is -1.08. The number of hydrogen-bond donors (Lipinski definition) is 2. The highest BCUT2D eigenvalue weighted by Crippen LogP contribution is 2.62. The van der Waals surface area contributed by atoms with Gasteiger partial charge in [-0.2, -0.15) is 5.26 Å². The van der Waals surface area contributed by atoms with E-state index >= 15 is 0 Å². The molecule has 4 aliphatic rings. The van der Waals surface area contributed by atoms with Crippen LogP contribution in [0.3, 0.4) is 0 Å². The van der Waals surface area contributed by atoms with E-state index in [1.807, 2.05) is 30.3 Å². The van der Waals surface area contributed by atoms with Crippen LogP contribution in [0.15, 0.2) is 36.5 Å². The van der Waals surface area contributed by atoms with Crippen LogP contribution in [0.2, 0.25) is 0 Å². The number of fused-ring (bicyclic) bond motifs is 4. The van der Waals surface area contributed by atoms with E-state index < -0.39 is 30.3 Å². The van der Waals surface area contributed by atoms with Crippen LogP contribution in [-0.2, 0) is 21.4 Å². The molecule has 3 aliphatic heterocycles. The minimum absolute atomic E-state index is 0.0210. The topological polar surface area (TPSA) is 147 Å². The molecule has 1 aromatic heterocycles. The molecule has 2 N–H and O–H groups in total. The van der Waals surface area contributed by atoms with Crippen LogP contribution in [0.1, 0.15) is 11.3 Å². The molecule has 190 valence electrons. The SMILES string of the molecule is CN(C[C@@H]1OC(=O)N2c3ccc(-c4ccc(C5(C#N)[C@@H]6CN(C(=O)CO)C[C@@H]65)nc4)cc3C[C@@H]12)C(=O)O. The van der Waals surface area contributed by atoms with E-state index in [9.17, 15) is 24.8 Å². The fourth-order valence-corrected chi connectivity index (χ4v) is 6.31. The minimum Gasteiger partial charge on any atom is -0.465 e. The van der Waals surface area contributed by atoms with Gasteiger partial charge in [0.25, 0.3) is 0 Å². The highest BCUT2D eigenvalue weighted by molar-refractivity contribution is 5.94. The molecular weight excluding hydrogens is 478 g/mol. The monoisotopic (exact) mass is 503 g/mol. The average molecular weight is 504 g/mol. The summed E-state index contributed by atoms with van der Waals surface area (Å²) in [5, 5.41) is 28.3. The molecule has 0 spiro atoms. The number of nitriles is 1. The summed E-state index contributed by atoms with van der Waals surface area (Å²) >= 11 is 0. The summed E-state index contributed by atoms with van der Waals surface area (Å²) < 4.78 is 5.45. The standard InChI is InChI=1S/C26H25N5O6/c1-29(24(34)35)11-21-20-7-16-6-14(2-4-19(16)31(20)25(36)37-21)15-3-5-22(28-8-15)26(13-27)17-9-30(10-18(17)26)23(33)12-32/h2-6,8,17-18,20-21,32H,7,9-12H2,1H3,(H,34,35)/t17-,18+,20-,21-,26?/m0/s1. The lowest BCUT2D eigenvalue weighted by Crippen LogP contribution is -2.41. The van der Waals surface area contributed by atoms with Crippen molar-refractivity contribution in [1.29, 1.82) is 5.26 Å². The van der Waals surface area contributed by atoms with Gasteiger partial charge >= 0.3 is 12.2 Å². The van der Waals surface area contributed by atoms with E-state index in [1.165, 1.54) is 7.05 Å². The first kappa shape index (κ1) is 23.2. The van der Waals surface area contributed by atoms with Crippen molar-refractivity contribution < 1.29 is 29.3 Å². The average Bonchev–Trinajstić information content (AvgIpc) is 3.27. The molecule has 0 radical (unpaired) electrons. The Bertz CT molecular complexity index is 1340. The summed E-state index contributed by atoms with van der Waals surface area (Å²) in [6.45, 7) is 0.486. The molecule has 6 rings (SSSR count). The Hall–Kier alpha value is -4.17. The zero-order chi connectivity index (χ0) is 26.1. The van der Waals surface area contributed by atoms with Gasteiger partial charge in [-0.15, -0.1) is 0 Å². The number of ether oxygens (including phenoxy) is 1. The highest BCUT2D eigenvalue weighted by Gasteiger charge is 2.71. The van der Waals surface area contributed by atoms with Crippen LogP contribution in [0.5, 0.6) is 0 Å². The first-order chi connectivity index (χ1) is 17.8. The fourth-order valence-electron chi connectivity index (χ4n) is 6.31. The molecule has 1 saturated carbocycles. The van der Waals surface area contributed by atoms with Crippen molar-refractivity contribution in [1.82, 2.24) is 14.8 Å². The summed E-state index contributed by atoms with van der Waals surface area (Å²) in [6, 6.07) is 11.8. The Labute approximate surface area is 212 Å². The summed E-state index contributed by atoms with van der Waals surface area (Å²) in [5.74, 6) is -0.270. The van der Waals surface area contributed by atoms with Crippen molar-refractivity contribution in [3.05, 3.63) is 47.8 Å². The highest BCUT2D eigenvalue weighted by atomic mass is 16.6. The second-order valence-electron chi connectivity index (χ2n) is 10.2. The predicted molar refractivity (Wildman–Crippen MR) is 129 cm³/mol. The molecule has 2 aromatic rings. The number of hydrogen-bond acceptors (Lipinski definition) is 7. The maximum Gasteiger partial charge on any atom is 0.415 e. The number of rotatable bonds is 5. The van der Waals surface area contributed by atoms with E-state index in [2.05, 4.69) is 11.1 Å². The van der Waals surface area contributed by atoms with E-state index in [0.717, 1.165) is 27.3 Å². The molecule has 5 atom stereocenters. The predicted octanol–water partition coefficient (Wildman–Crippen LogP) is 1.45. The Morgan fingerprint density at radius 2 is 1.97 bits per heavy atom. The number of cyclic esters (lactones) is 1. The van der Waals surface area contributed by atoms with Gasteiger partial charge in [-0.25, -0.2) is 9.59 Å². The Balaban J connectivity index is 1.20. The molecule has 0 bridgehead atoms. The molecule has 2 saturated heterocycles. The zero-order valence-corrected chi connectivity index (χ0v) is 20.1. The second-order valence-corrected chi connectivity index (χ2v) is 10.2. The van der Waals surface area contributed by atoms with Crippen molar-refractivity contribution >= 4 is 23.8 Å². The molecule has 11 heteroatoms. The lowest BCUT2D eigenvalue weighted by atomic mass is 9.95. The Morgan fingerprint density at radius 1 is 1.24 bits per heavy atom. The largest absolute Gasteiger partial charge is 0.465 e. The second kappa shape index (κ2) is 8.18. The van der Waals surface area contributed by atoms with E-state index in [0.29, 0.717) is 25.2 Å². The number of pyridine rings is 1. The van der Waals surface area contributed by atoms with Gasteiger partial charge in [0, 0.05) is 43.7 Å². The number of benzene rings is 1. The molecule has 4 heterocycles. The van der Waals surface area contributed by atoms with Gasteiger partial charge in [-0.3, -0.25) is 14.7 Å². The number of aliphatic hydroxyl groups excluding tert-OH is 1. The number of anilines is 1. The van der Waals surface area contributed by atoms with Crippen LogP contribution in [0.25, 0.3) is 11.1 Å². The van der Waals surface area contributed by atoms with Crippen molar-refractivity contribution in [2.24, 2.45) is 11.8 Å². The maximum absolute atomic E-state index is 12.5. The van der Waals surface area contributed by atoms with Crippen LogP contribution in [0, 0.1) is 23.2 Å². The van der Waals surface area contributed by atoms with E-state index in [-0.39, 0.29) is 30.3 Å². The summed E-state index contributed by atoms with van der Waals surface area (Å²) in [6.07, 6.45) is 0.210. The molecule has 1 unspecified atom stereocenters. The Morgan fingerprint density at radius 3 is 2.59 bits per heavy atom. The number of amides is 3. The fraction of sp³-hybridized carbons (Fsp3) is 0.423. The quantitative estimate of drug-likeness (QED) is 0.623. The number of aromatic nitrogens is 1. The van der Waals surface area contributed by atoms with Gasteiger partial charge in [0.15, 0.2) is 0 Å². The van der Waals surface area contributed by atoms with Crippen molar-refractivity contribution in [2.75, 3.05) is 38.2 Å². The van der Waals surface area contributed by atoms with Gasteiger partial charge in [0.1, 0.15) is 18.1 Å². The third-order valence-electron chi connectivity index (χ3n) is 8.33. The molecule has 37 heavy (non-hydrogen) atoms. The molecule has 1 aromatic carbocycles. The number of piperidine rings is 1. The molecule has 3 amide bonds.